The maximum Gasteiger partial charge on any atom is 3.00 e. The van der Waals surface area contributed by atoms with Gasteiger partial charge in [0.2, 0.25) is 0 Å². The van der Waals surface area contributed by atoms with Crippen molar-refractivity contribution in [1.82, 2.24) is 0 Å². The van der Waals surface area contributed by atoms with E-state index in [0.717, 1.165) is 0 Å². The van der Waals surface area contributed by atoms with Crippen molar-refractivity contribution in [2.75, 3.05) is 0 Å². The van der Waals surface area contributed by atoms with E-state index in [0.29, 0.717) is 0 Å². The second-order valence-electron chi connectivity index (χ2n) is 0.408. The van der Waals surface area contributed by atoms with Gasteiger partial charge in [0, 0.05) is 10.4 Å². The summed E-state index contributed by atoms with van der Waals surface area (Å²) >= 11 is 0. The average Bonchev–Trinajstić information content (AvgIpc) is 0.722. The molecule has 0 rings (SSSR count). The van der Waals surface area contributed by atoms with Crippen LogP contribution in [-0.2, 0) is 27.5 Å². The van der Waals surface area contributed by atoms with E-state index in [9.17, 15) is 0 Å². The summed E-state index contributed by atoms with van der Waals surface area (Å²) < 4.78 is 34.1. The smallest absolute Gasteiger partial charge is 0.759 e. The fraction of sp³-hybridized carbons (Fsp3) is 0. The zero-order valence-electron chi connectivity index (χ0n) is 3.39. The molecule has 0 aliphatic heterocycles. The van der Waals surface area contributed by atoms with Crippen LogP contribution in [0.3, 0.4) is 0 Å². The van der Waals surface area contributed by atoms with Gasteiger partial charge in [-0.3, -0.25) is 8.42 Å². The zero-order chi connectivity index (χ0) is 4.50. The van der Waals surface area contributed by atoms with E-state index in [1.54, 1.807) is 0 Å². The summed E-state index contributed by atoms with van der Waals surface area (Å²) in [6.45, 7) is 0. The van der Waals surface area contributed by atoms with E-state index >= 15 is 0 Å². The van der Waals surface area contributed by atoms with Crippen molar-refractivity contribution in [3.63, 3.8) is 0 Å². The minimum Gasteiger partial charge on any atom is -0.759 e. The Hall–Kier alpha value is 1.39. The van der Waals surface area contributed by atoms with Crippen LogP contribution in [0.15, 0.2) is 0 Å². The fourth-order valence-corrected chi connectivity index (χ4v) is 0. The van der Waals surface area contributed by atoms with Crippen molar-refractivity contribution < 1.29 is 64.1 Å². The van der Waals surface area contributed by atoms with Gasteiger partial charge in [-0.1, -0.05) is 0 Å². The first-order chi connectivity index (χ1) is 2.00. The summed E-state index contributed by atoms with van der Waals surface area (Å²) in [4.78, 5) is 0. The van der Waals surface area contributed by atoms with Crippen LogP contribution in [0.2, 0.25) is 0 Å². The maximum atomic E-state index is 8.52. The normalized spacial score (nSPS) is 8.29. The molecule has 7 heteroatoms. The van der Waals surface area contributed by atoms with Gasteiger partial charge in [-0.25, -0.2) is 0 Å². The summed E-state index contributed by atoms with van der Waals surface area (Å²) in [7, 11) is -5.17. The molecule has 7 heavy (non-hydrogen) atoms. The van der Waals surface area contributed by atoms with Gasteiger partial charge < -0.3 is 9.11 Å². The van der Waals surface area contributed by atoms with Gasteiger partial charge in [-0.05, 0) is 0 Å². The van der Waals surface area contributed by atoms with Crippen molar-refractivity contribution in [2.45, 2.75) is 0 Å². The summed E-state index contributed by atoms with van der Waals surface area (Å²) in [6.07, 6.45) is 0. The van der Waals surface area contributed by atoms with E-state index in [2.05, 4.69) is 0 Å². The molecule has 1 radical (unpaired) electrons. The predicted molar refractivity (Wildman–Crippen MR) is 10.5 cm³/mol. The zero-order valence-corrected chi connectivity index (χ0v) is 7.32. The quantitative estimate of drug-likeness (QED) is 0.211. The fourth-order valence-electron chi connectivity index (χ4n) is 0. The standard InChI is InChI=1S/Fe.Na.H2O4S/c;;1-5(2,3)4/h;;(H2,1,2,3,4)/q+3;+1;/p-2. The Morgan fingerprint density at radius 3 is 1.14 bits per heavy atom. The molecule has 0 saturated carbocycles. The van der Waals surface area contributed by atoms with E-state index in [1.807, 2.05) is 0 Å². The van der Waals surface area contributed by atoms with E-state index in [-0.39, 0.29) is 46.6 Å². The molecule has 37 valence electrons. The van der Waals surface area contributed by atoms with Crippen LogP contribution in [-0.4, -0.2) is 17.5 Å². The van der Waals surface area contributed by atoms with Gasteiger partial charge in [0.1, 0.15) is 0 Å². The molecule has 0 saturated heterocycles. The monoisotopic (exact) mass is 175 g/mol. The van der Waals surface area contributed by atoms with Crippen LogP contribution >= 0.6 is 0 Å². The molecule has 0 bridgehead atoms. The Labute approximate surface area is 74.0 Å². The summed E-state index contributed by atoms with van der Waals surface area (Å²) in [5, 5.41) is 0. The molecule has 0 amide bonds. The van der Waals surface area contributed by atoms with Crippen molar-refractivity contribution in [1.29, 1.82) is 0 Å². The second kappa shape index (κ2) is 5.52. The molecule has 0 fully saturated rings. The minimum atomic E-state index is -5.17. The van der Waals surface area contributed by atoms with Crippen LogP contribution in [0.25, 0.3) is 0 Å². The van der Waals surface area contributed by atoms with Crippen molar-refractivity contribution in [3.05, 3.63) is 0 Å². The topological polar surface area (TPSA) is 80.3 Å². The van der Waals surface area contributed by atoms with Crippen molar-refractivity contribution in [3.8, 4) is 0 Å². The Bertz CT molecular complexity index is 94.9. The van der Waals surface area contributed by atoms with Gasteiger partial charge in [0.05, 0.1) is 0 Å². The molecule has 0 aliphatic carbocycles. The first-order valence-electron chi connectivity index (χ1n) is 0.667. The van der Waals surface area contributed by atoms with Crippen LogP contribution < -0.4 is 29.6 Å². The van der Waals surface area contributed by atoms with Crippen LogP contribution in [0.4, 0.5) is 0 Å². The molecule has 0 N–H and O–H groups in total. The van der Waals surface area contributed by atoms with Gasteiger partial charge >= 0.3 is 46.6 Å². The van der Waals surface area contributed by atoms with E-state index in [4.69, 9.17) is 17.5 Å². The Balaban J connectivity index is -0.0000000800. The summed E-state index contributed by atoms with van der Waals surface area (Å²) in [5.41, 5.74) is 0. The molecule has 0 atom stereocenters. The molecular formula is FeNaO4S+2. The third-order valence-electron chi connectivity index (χ3n) is 0. The van der Waals surface area contributed by atoms with E-state index < -0.39 is 10.4 Å². The molecule has 0 aliphatic rings. The third-order valence-corrected chi connectivity index (χ3v) is 0. The first kappa shape index (κ1) is 15.8. The number of hydrogen-bond acceptors (Lipinski definition) is 4. The second-order valence-corrected chi connectivity index (χ2v) is 1.22. The van der Waals surface area contributed by atoms with Gasteiger partial charge in [-0.2, -0.15) is 0 Å². The number of hydrogen-bond donors (Lipinski definition) is 0. The average molecular weight is 175 g/mol. The van der Waals surface area contributed by atoms with Gasteiger partial charge in [0.25, 0.3) is 0 Å². The third kappa shape index (κ3) is 111. The van der Waals surface area contributed by atoms with Gasteiger partial charge in [-0.15, -0.1) is 0 Å². The molecular weight excluding hydrogens is 175 g/mol. The van der Waals surface area contributed by atoms with Crippen LogP contribution in [0.5, 0.6) is 0 Å². The molecule has 0 unspecified atom stereocenters. The Morgan fingerprint density at radius 1 is 1.14 bits per heavy atom. The molecule has 0 heterocycles. The minimum absolute atomic E-state index is 0. The Morgan fingerprint density at radius 2 is 1.14 bits per heavy atom. The molecule has 4 nitrogen and oxygen atoms in total. The van der Waals surface area contributed by atoms with E-state index in [1.165, 1.54) is 0 Å². The summed E-state index contributed by atoms with van der Waals surface area (Å²) in [5.74, 6) is 0. The summed E-state index contributed by atoms with van der Waals surface area (Å²) in [6, 6.07) is 0. The first-order valence-corrected chi connectivity index (χ1v) is 2.00. The predicted octanol–water partition coefficient (Wildman–Crippen LogP) is -4.34. The SMILES string of the molecule is O=S(=O)([O-])[O-].[Fe+3].[Na+]. The number of rotatable bonds is 0. The molecule has 0 spiro atoms. The molecule has 0 aromatic carbocycles. The molecule has 0 aromatic rings. The van der Waals surface area contributed by atoms with Gasteiger partial charge in [0.15, 0.2) is 0 Å². The molecule has 0 aromatic heterocycles. The van der Waals surface area contributed by atoms with Crippen molar-refractivity contribution in [2.24, 2.45) is 0 Å². The van der Waals surface area contributed by atoms with Crippen LogP contribution in [0.1, 0.15) is 0 Å². The van der Waals surface area contributed by atoms with Crippen molar-refractivity contribution >= 4 is 10.4 Å². The van der Waals surface area contributed by atoms with Crippen LogP contribution in [0, 0.1) is 0 Å². The maximum absolute atomic E-state index is 8.52. The largest absolute Gasteiger partial charge is 3.00 e. The Kier molecular flexibility index (Phi) is 12.4.